The second kappa shape index (κ2) is 12.2. The molecular formula is C24H21BrN4O4. The molecule has 0 aromatic heterocycles. The van der Waals surface area contributed by atoms with Gasteiger partial charge in [-0.2, -0.15) is 5.10 Å². The quantitative estimate of drug-likeness (QED) is 0.246. The molecule has 0 saturated carbocycles. The van der Waals surface area contributed by atoms with Gasteiger partial charge in [0.25, 0.3) is 5.91 Å². The van der Waals surface area contributed by atoms with Crippen LogP contribution in [0.2, 0.25) is 0 Å². The van der Waals surface area contributed by atoms with Crippen LogP contribution in [0, 0.1) is 0 Å². The highest BCUT2D eigenvalue weighted by Gasteiger charge is 2.12. The van der Waals surface area contributed by atoms with Crippen molar-refractivity contribution >= 4 is 45.6 Å². The molecule has 3 aromatic rings. The predicted octanol–water partition coefficient (Wildman–Crippen LogP) is 3.23. The van der Waals surface area contributed by atoms with Gasteiger partial charge < -0.3 is 15.4 Å². The summed E-state index contributed by atoms with van der Waals surface area (Å²) < 4.78 is 6.24. The molecule has 0 atom stereocenters. The minimum atomic E-state index is -0.896. The Kier molecular flexibility index (Phi) is 8.72. The second-order valence-corrected chi connectivity index (χ2v) is 7.70. The standard InChI is InChI=1S/C24H21BrN4O4/c25-19-7-4-8-20(13-19)28-23(31)24(32)29-27-15-18-9-11-21(12-10-18)33-16-22(30)26-14-17-5-2-1-3-6-17/h1-13,15H,14,16H2,(H,26,30)(H,28,31)(H,29,32)/b27-15-. The SMILES string of the molecule is O=C(COc1ccc(/C=N\NC(=O)C(=O)Nc2cccc(Br)c2)cc1)NCc1ccccc1. The van der Waals surface area contributed by atoms with Crippen LogP contribution >= 0.6 is 15.9 Å². The number of nitrogens with one attached hydrogen (secondary N) is 3. The summed E-state index contributed by atoms with van der Waals surface area (Å²) in [7, 11) is 0. The molecule has 3 N–H and O–H groups in total. The highest BCUT2D eigenvalue weighted by atomic mass is 79.9. The molecule has 0 aliphatic heterocycles. The molecule has 0 aliphatic carbocycles. The first-order chi connectivity index (χ1) is 16.0. The van der Waals surface area contributed by atoms with Gasteiger partial charge in [-0.1, -0.05) is 52.3 Å². The molecule has 0 spiro atoms. The minimum absolute atomic E-state index is 0.108. The van der Waals surface area contributed by atoms with Gasteiger partial charge in [-0.25, -0.2) is 5.43 Å². The van der Waals surface area contributed by atoms with Crippen molar-refractivity contribution in [3.63, 3.8) is 0 Å². The van der Waals surface area contributed by atoms with Crippen molar-refractivity contribution in [2.45, 2.75) is 6.54 Å². The van der Waals surface area contributed by atoms with Crippen molar-refractivity contribution in [1.82, 2.24) is 10.7 Å². The van der Waals surface area contributed by atoms with Crippen molar-refractivity contribution < 1.29 is 19.1 Å². The van der Waals surface area contributed by atoms with Crippen LogP contribution in [-0.4, -0.2) is 30.5 Å². The van der Waals surface area contributed by atoms with Gasteiger partial charge in [0.1, 0.15) is 5.75 Å². The van der Waals surface area contributed by atoms with Gasteiger partial charge in [0.05, 0.1) is 6.21 Å². The average molecular weight is 509 g/mol. The first-order valence-electron chi connectivity index (χ1n) is 9.93. The number of ether oxygens (including phenoxy) is 1. The summed E-state index contributed by atoms with van der Waals surface area (Å²) in [6, 6.07) is 23.2. The normalized spacial score (nSPS) is 10.5. The van der Waals surface area contributed by atoms with Gasteiger partial charge in [0.15, 0.2) is 6.61 Å². The van der Waals surface area contributed by atoms with Crippen LogP contribution < -0.4 is 20.8 Å². The molecule has 0 heterocycles. The molecule has 0 unspecified atom stereocenters. The van der Waals surface area contributed by atoms with E-state index in [1.165, 1.54) is 6.21 Å². The van der Waals surface area contributed by atoms with Gasteiger partial charge in [0.2, 0.25) is 0 Å². The van der Waals surface area contributed by atoms with Crippen LogP contribution in [0.25, 0.3) is 0 Å². The summed E-state index contributed by atoms with van der Waals surface area (Å²) in [5.74, 6) is -1.44. The Labute approximate surface area is 199 Å². The Balaban J connectivity index is 1.39. The monoisotopic (exact) mass is 508 g/mol. The number of carbonyl (C=O) groups is 3. The van der Waals surface area contributed by atoms with E-state index in [0.717, 1.165) is 10.0 Å². The number of hydrazone groups is 1. The molecule has 33 heavy (non-hydrogen) atoms. The molecule has 0 fully saturated rings. The highest BCUT2D eigenvalue weighted by molar-refractivity contribution is 9.10. The molecule has 3 aromatic carbocycles. The second-order valence-electron chi connectivity index (χ2n) is 6.78. The third kappa shape index (κ3) is 8.23. The zero-order valence-corrected chi connectivity index (χ0v) is 19.0. The number of hydrogen-bond acceptors (Lipinski definition) is 5. The smallest absolute Gasteiger partial charge is 0.329 e. The molecule has 168 valence electrons. The summed E-state index contributed by atoms with van der Waals surface area (Å²) in [5, 5.41) is 9.04. The van der Waals surface area contributed by atoms with Crippen molar-refractivity contribution in [3.05, 3.63) is 94.5 Å². The van der Waals surface area contributed by atoms with E-state index < -0.39 is 11.8 Å². The lowest BCUT2D eigenvalue weighted by molar-refractivity contribution is -0.136. The highest BCUT2D eigenvalue weighted by Crippen LogP contribution is 2.15. The Morgan fingerprint density at radius 1 is 0.909 bits per heavy atom. The fourth-order valence-corrected chi connectivity index (χ4v) is 3.02. The third-order valence-corrected chi connectivity index (χ3v) is 4.74. The van der Waals surface area contributed by atoms with E-state index in [1.54, 1.807) is 48.5 Å². The number of nitrogens with zero attached hydrogens (tertiary/aromatic N) is 1. The van der Waals surface area contributed by atoms with E-state index >= 15 is 0 Å². The minimum Gasteiger partial charge on any atom is -0.484 e. The first-order valence-corrected chi connectivity index (χ1v) is 10.7. The van der Waals surface area contributed by atoms with E-state index in [4.69, 9.17) is 4.74 Å². The maximum Gasteiger partial charge on any atom is 0.329 e. The summed E-state index contributed by atoms with van der Waals surface area (Å²) in [5.41, 5.74) is 4.33. The van der Waals surface area contributed by atoms with Gasteiger partial charge in [-0.3, -0.25) is 14.4 Å². The maximum absolute atomic E-state index is 11.9. The van der Waals surface area contributed by atoms with Crippen molar-refractivity contribution in [3.8, 4) is 5.75 Å². The molecule has 3 amide bonds. The van der Waals surface area contributed by atoms with Crippen LogP contribution in [0.1, 0.15) is 11.1 Å². The molecule has 3 rings (SSSR count). The number of halogens is 1. The van der Waals surface area contributed by atoms with Crippen LogP contribution in [-0.2, 0) is 20.9 Å². The maximum atomic E-state index is 11.9. The van der Waals surface area contributed by atoms with Crippen molar-refractivity contribution in [2.75, 3.05) is 11.9 Å². The number of carbonyl (C=O) groups excluding carboxylic acids is 3. The van der Waals surface area contributed by atoms with Crippen LogP contribution in [0.5, 0.6) is 5.75 Å². The van der Waals surface area contributed by atoms with E-state index in [0.29, 0.717) is 23.5 Å². The van der Waals surface area contributed by atoms with E-state index in [2.05, 4.69) is 37.1 Å². The van der Waals surface area contributed by atoms with E-state index in [9.17, 15) is 14.4 Å². The van der Waals surface area contributed by atoms with Gasteiger partial charge in [-0.05, 0) is 53.6 Å². The largest absolute Gasteiger partial charge is 0.484 e. The zero-order chi connectivity index (χ0) is 23.5. The van der Waals surface area contributed by atoms with Gasteiger partial charge in [-0.15, -0.1) is 0 Å². The van der Waals surface area contributed by atoms with Crippen LogP contribution in [0.4, 0.5) is 5.69 Å². The van der Waals surface area contributed by atoms with E-state index in [-0.39, 0.29) is 12.5 Å². The Morgan fingerprint density at radius 3 is 2.39 bits per heavy atom. The molecule has 0 radical (unpaired) electrons. The number of benzene rings is 3. The lowest BCUT2D eigenvalue weighted by Crippen LogP contribution is -2.32. The topological polar surface area (TPSA) is 109 Å². The Bertz CT molecular complexity index is 1130. The fourth-order valence-electron chi connectivity index (χ4n) is 2.62. The number of amides is 3. The van der Waals surface area contributed by atoms with Crippen LogP contribution in [0.3, 0.4) is 0 Å². The molecule has 8 nitrogen and oxygen atoms in total. The first kappa shape index (κ1) is 23.7. The lowest BCUT2D eigenvalue weighted by atomic mass is 10.2. The summed E-state index contributed by atoms with van der Waals surface area (Å²) in [4.78, 5) is 35.7. The summed E-state index contributed by atoms with van der Waals surface area (Å²) >= 11 is 3.29. The lowest BCUT2D eigenvalue weighted by Gasteiger charge is -2.08. The fraction of sp³-hybridized carbons (Fsp3) is 0.0833. The predicted molar refractivity (Wildman–Crippen MR) is 129 cm³/mol. The van der Waals surface area contributed by atoms with Crippen molar-refractivity contribution in [1.29, 1.82) is 0 Å². The molecule has 9 heteroatoms. The summed E-state index contributed by atoms with van der Waals surface area (Å²) in [6.07, 6.45) is 1.39. The van der Waals surface area contributed by atoms with Crippen LogP contribution in [0.15, 0.2) is 88.4 Å². The Morgan fingerprint density at radius 2 is 1.67 bits per heavy atom. The molecule has 0 saturated heterocycles. The van der Waals surface area contributed by atoms with Gasteiger partial charge >= 0.3 is 11.8 Å². The molecular weight excluding hydrogens is 488 g/mol. The van der Waals surface area contributed by atoms with Crippen molar-refractivity contribution in [2.24, 2.45) is 5.10 Å². The number of anilines is 1. The zero-order valence-electron chi connectivity index (χ0n) is 17.5. The third-order valence-electron chi connectivity index (χ3n) is 4.25. The number of hydrogen-bond donors (Lipinski definition) is 3. The molecule has 0 bridgehead atoms. The summed E-state index contributed by atoms with van der Waals surface area (Å²) in [6.45, 7) is 0.328. The van der Waals surface area contributed by atoms with Gasteiger partial charge in [0, 0.05) is 16.7 Å². The van der Waals surface area contributed by atoms with E-state index in [1.807, 2.05) is 30.3 Å². The number of rotatable bonds is 8. The average Bonchev–Trinajstić information content (AvgIpc) is 2.83. The molecule has 0 aliphatic rings. The Hall–Kier alpha value is -3.98.